The Balaban J connectivity index is 1.71. The number of nitrogens with zero attached hydrogens (tertiary/aromatic N) is 2. The zero-order valence-electron chi connectivity index (χ0n) is 13.2. The van der Waals surface area contributed by atoms with E-state index in [0.717, 1.165) is 27.8 Å². The number of aromatic amines is 1. The average Bonchev–Trinajstić information content (AvgIpc) is 2.85. The van der Waals surface area contributed by atoms with Gasteiger partial charge in [0.1, 0.15) is 11.5 Å². The topological polar surface area (TPSA) is 62.2 Å². The Bertz CT molecular complexity index is 1190. The molecule has 2 N–H and O–H groups in total. The molecule has 5 rings (SSSR count). The molecule has 1 aromatic heterocycles. The highest BCUT2D eigenvalue weighted by atomic mass is 16.1. The maximum Gasteiger partial charge on any atom is 0.332 e. The van der Waals surface area contributed by atoms with E-state index in [1.54, 1.807) is 10.8 Å². The van der Waals surface area contributed by atoms with Crippen LogP contribution in [-0.2, 0) is 0 Å². The molecule has 0 saturated heterocycles. The van der Waals surface area contributed by atoms with Crippen LogP contribution in [0.1, 0.15) is 5.69 Å². The molecule has 1 aliphatic rings. The van der Waals surface area contributed by atoms with Crippen LogP contribution in [0.2, 0.25) is 0 Å². The van der Waals surface area contributed by atoms with Gasteiger partial charge in [-0.25, -0.2) is 4.79 Å². The van der Waals surface area contributed by atoms with E-state index in [9.17, 15) is 4.79 Å². The maximum absolute atomic E-state index is 12.4. The van der Waals surface area contributed by atoms with Gasteiger partial charge in [0.25, 0.3) is 0 Å². The fourth-order valence-electron chi connectivity index (χ4n) is 3.20. The number of hydrogen-bond acceptors (Lipinski definition) is 3. The number of aromatic nitrogens is 2. The molecule has 0 bridgehead atoms. The molecule has 3 aromatic carbocycles. The van der Waals surface area contributed by atoms with Crippen molar-refractivity contribution < 1.29 is 0 Å². The van der Waals surface area contributed by atoms with E-state index < -0.39 is 0 Å². The number of aliphatic imine (C=N–C) groups is 1. The largest absolute Gasteiger partial charge is 0.338 e. The van der Waals surface area contributed by atoms with Crippen molar-refractivity contribution >= 4 is 34.2 Å². The van der Waals surface area contributed by atoms with Gasteiger partial charge in [-0.15, -0.1) is 0 Å². The molecular formula is C20H14N4O. The first kappa shape index (κ1) is 13.8. The molecule has 25 heavy (non-hydrogen) atoms. The summed E-state index contributed by atoms with van der Waals surface area (Å²) in [7, 11) is 0. The van der Waals surface area contributed by atoms with Crippen molar-refractivity contribution in [3.05, 3.63) is 82.9 Å². The minimum Gasteiger partial charge on any atom is -0.338 e. The van der Waals surface area contributed by atoms with Crippen molar-refractivity contribution in [3.8, 4) is 5.69 Å². The number of H-pyrrole nitrogens is 1. The van der Waals surface area contributed by atoms with Crippen LogP contribution < -0.4 is 11.0 Å². The van der Waals surface area contributed by atoms with Crippen LogP contribution >= 0.6 is 0 Å². The first-order chi connectivity index (χ1) is 12.3. The monoisotopic (exact) mass is 326 g/mol. The van der Waals surface area contributed by atoms with Gasteiger partial charge in [0, 0.05) is 0 Å². The van der Waals surface area contributed by atoms with Gasteiger partial charge in [-0.1, -0.05) is 42.5 Å². The summed E-state index contributed by atoms with van der Waals surface area (Å²) in [5.41, 5.74) is 3.02. The Morgan fingerprint density at radius 3 is 2.40 bits per heavy atom. The van der Waals surface area contributed by atoms with Crippen molar-refractivity contribution in [2.45, 2.75) is 0 Å². The van der Waals surface area contributed by atoms with Crippen molar-refractivity contribution in [2.75, 3.05) is 5.32 Å². The van der Waals surface area contributed by atoms with Gasteiger partial charge in [-0.3, -0.25) is 14.5 Å². The smallest absolute Gasteiger partial charge is 0.332 e. The lowest BCUT2D eigenvalue weighted by molar-refractivity contribution is 0.980. The molecule has 120 valence electrons. The van der Waals surface area contributed by atoms with E-state index in [4.69, 9.17) is 0 Å². The molecule has 2 heterocycles. The number of para-hydroxylation sites is 1. The zero-order chi connectivity index (χ0) is 16.8. The van der Waals surface area contributed by atoms with Crippen LogP contribution in [-0.4, -0.2) is 15.8 Å². The minimum absolute atomic E-state index is 0.195. The molecule has 0 fully saturated rings. The van der Waals surface area contributed by atoms with Crippen LogP contribution in [0.25, 0.3) is 16.5 Å². The maximum atomic E-state index is 12.4. The third kappa shape index (κ3) is 2.17. The average molecular weight is 326 g/mol. The summed E-state index contributed by atoms with van der Waals surface area (Å²) in [6.45, 7) is 0. The molecule has 0 amide bonds. The standard InChI is InChI=1S/C20H14N4O/c25-20-23-19-18(24(20)15-8-2-1-3-9-15)12-21-16-10-13-6-4-5-7-14(13)11-17(16)22-19/h1-12,22H,(H,23,25). The summed E-state index contributed by atoms with van der Waals surface area (Å²) in [5, 5.41) is 5.58. The van der Waals surface area contributed by atoms with E-state index in [-0.39, 0.29) is 5.69 Å². The highest BCUT2D eigenvalue weighted by Gasteiger charge is 2.18. The lowest BCUT2D eigenvalue weighted by Crippen LogP contribution is -2.16. The van der Waals surface area contributed by atoms with E-state index >= 15 is 0 Å². The highest BCUT2D eigenvalue weighted by molar-refractivity contribution is 5.98. The fraction of sp³-hybridized carbons (Fsp3) is 0. The van der Waals surface area contributed by atoms with E-state index in [1.807, 2.05) is 48.5 Å². The Labute approximate surface area is 143 Å². The van der Waals surface area contributed by atoms with Gasteiger partial charge in [0.2, 0.25) is 0 Å². The number of nitrogens with one attached hydrogen (secondary N) is 2. The number of anilines is 2. The summed E-state index contributed by atoms with van der Waals surface area (Å²) in [6.07, 6.45) is 1.73. The van der Waals surface area contributed by atoms with Gasteiger partial charge in [0.05, 0.1) is 23.3 Å². The first-order valence-electron chi connectivity index (χ1n) is 8.04. The molecule has 5 heteroatoms. The highest BCUT2D eigenvalue weighted by Crippen LogP contribution is 2.35. The van der Waals surface area contributed by atoms with E-state index in [1.165, 1.54) is 0 Å². The normalized spacial score (nSPS) is 12.3. The molecule has 0 atom stereocenters. The van der Waals surface area contributed by atoms with Gasteiger partial charge < -0.3 is 5.32 Å². The third-order valence-corrected chi connectivity index (χ3v) is 4.40. The minimum atomic E-state index is -0.195. The lowest BCUT2D eigenvalue weighted by atomic mass is 10.1. The summed E-state index contributed by atoms with van der Waals surface area (Å²) in [5.74, 6) is 0.645. The van der Waals surface area contributed by atoms with E-state index in [0.29, 0.717) is 11.5 Å². The Morgan fingerprint density at radius 1 is 0.880 bits per heavy atom. The molecule has 0 unspecified atom stereocenters. The van der Waals surface area contributed by atoms with Crippen LogP contribution in [0.4, 0.5) is 17.2 Å². The first-order valence-corrected chi connectivity index (χ1v) is 8.04. The molecule has 0 radical (unpaired) electrons. The van der Waals surface area contributed by atoms with Crippen molar-refractivity contribution in [2.24, 2.45) is 4.99 Å². The SMILES string of the molecule is O=c1[nH]c2c(n1-c1ccccc1)C=Nc1cc3ccccc3cc1N2. The zero-order valence-corrected chi connectivity index (χ0v) is 13.2. The summed E-state index contributed by atoms with van der Waals surface area (Å²) in [4.78, 5) is 20.0. The predicted octanol–water partition coefficient (Wildman–Crippen LogP) is 4.13. The van der Waals surface area contributed by atoms with Gasteiger partial charge >= 0.3 is 5.69 Å². The van der Waals surface area contributed by atoms with Crippen molar-refractivity contribution in [3.63, 3.8) is 0 Å². The second-order valence-corrected chi connectivity index (χ2v) is 5.96. The fourth-order valence-corrected chi connectivity index (χ4v) is 3.20. The quantitative estimate of drug-likeness (QED) is 0.486. The van der Waals surface area contributed by atoms with Gasteiger partial charge in [-0.05, 0) is 35.0 Å². The van der Waals surface area contributed by atoms with Gasteiger partial charge in [0.15, 0.2) is 0 Å². The van der Waals surface area contributed by atoms with Crippen LogP contribution in [0, 0.1) is 0 Å². The molecular weight excluding hydrogens is 312 g/mol. The predicted molar refractivity (Wildman–Crippen MR) is 101 cm³/mol. The van der Waals surface area contributed by atoms with Crippen LogP contribution in [0.15, 0.2) is 76.5 Å². The van der Waals surface area contributed by atoms with Crippen LogP contribution in [0.3, 0.4) is 0 Å². The number of rotatable bonds is 1. The third-order valence-electron chi connectivity index (χ3n) is 4.40. The number of imidazole rings is 1. The van der Waals surface area contributed by atoms with Crippen molar-refractivity contribution in [1.29, 1.82) is 0 Å². The summed E-state index contributed by atoms with van der Waals surface area (Å²) < 4.78 is 1.62. The molecule has 1 aliphatic heterocycles. The molecule has 0 spiro atoms. The number of fused-ring (bicyclic) bond motifs is 3. The summed E-state index contributed by atoms with van der Waals surface area (Å²) in [6, 6.07) is 21.8. The van der Waals surface area contributed by atoms with Crippen LogP contribution in [0.5, 0.6) is 0 Å². The molecule has 5 nitrogen and oxygen atoms in total. The van der Waals surface area contributed by atoms with Crippen molar-refractivity contribution in [1.82, 2.24) is 9.55 Å². The molecule has 0 saturated carbocycles. The number of benzene rings is 3. The Kier molecular flexibility index (Phi) is 2.87. The Morgan fingerprint density at radius 2 is 1.60 bits per heavy atom. The second-order valence-electron chi connectivity index (χ2n) is 5.96. The Hall–Kier alpha value is -3.60. The number of hydrogen-bond donors (Lipinski definition) is 2. The second kappa shape index (κ2) is 5.21. The lowest BCUT2D eigenvalue weighted by Gasteiger charge is -2.08. The summed E-state index contributed by atoms with van der Waals surface area (Å²) >= 11 is 0. The van der Waals surface area contributed by atoms with Gasteiger partial charge in [-0.2, -0.15) is 0 Å². The molecule has 4 aromatic rings. The van der Waals surface area contributed by atoms with E-state index in [2.05, 4.69) is 33.5 Å². The molecule has 0 aliphatic carbocycles.